The van der Waals surface area contributed by atoms with Crippen LogP contribution in [0.4, 0.5) is 4.39 Å². The van der Waals surface area contributed by atoms with Crippen LogP contribution in [0.15, 0.2) is 12.1 Å². The number of nitrogens with two attached hydrogens (primary N) is 1. The molecule has 88 valence electrons. The highest BCUT2D eigenvalue weighted by atomic mass is 19.1. The van der Waals surface area contributed by atoms with Gasteiger partial charge in [-0.25, -0.2) is 4.39 Å². The first kappa shape index (κ1) is 11.2. The molecule has 1 aliphatic heterocycles. The van der Waals surface area contributed by atoms with E-state index in [1.165, 1.54) is 6.07 Å². The number of ether oxygens (including phenoxy) is 2. The van der Waals surface area contributed by atoms with Gasteiger partial charge in [-0.2, -0.15) is 0 Å². The van der Waals surface area contributed by atoms with Crippen molar-refractivity contribution < 1.29 is 19.0 Å². The predicted molar refractivity (Wildman–Crippen MR) is 56.0 cm³/mol. The van der Waals surface area contributed by atoms with Gasteiger partial charge in [-0.1, -0.05) is 0 Å². The lowest BCUT2D eigenvalue weighted by Gasteiger charge is -2.21. The van der Waals surface area contributed by atoms with E-state index in [0.29, 0.717) is 36.7 Å². The Bertz CT molecular complexity index is 384. The van der Waals surface area contributed by atoms with E-state index >= 15 is 0 Å². The van der Waals surface area contributed by atoms with E-state index < -0.39 is 11.9 Å². The largest absolute Gasteiger partial charge is 0.486 e. The second kappa shape index (κ2) is 4.67. The lowest BCUT2D eigenvalue weighted by atomic mass is 10.0. The Labute approximate surface area is 92.8 Å². The van der Waals surface area contributed by atoms with Crippen LogP contribution in [0.3, 0.4) is 0 Å². The van der Waals surface area contributed by atoms with Crippen LogP contribution < -0.4 is 15.2 Å². The van der Waals surface area contributed by atoms with Crippen molar-refractivity contribution in [1.29, 1.82) is 0 Å². The average Bonchev–Trinajstić information content (AvgIpc) is 2.28. The van der Waals surface area contributed by atoms with Crippen molar-refractivity contribution in [3.63, 3.8) is 0 Å². The molecule has 0 radical (unpaired) electrons. The van der Waals surface area contributed by atoms with Crippen LogP contribution in [0.2, 0.25) is 0 Å². The molecule has 4 nitrogen and oxygen atoms in total. The number of hydrogen-bond acceptors (Lipinski definition) is 4. The van der Waals surface area contributed by atoms with Gasteiger partial charge >= 0.3 is 0 Å². The molecule has 1 atom stereocenters. The summed E-state index contributed by atoms with van der Waals surface area (Å²) < 4.78 is 24.2. The molecule has 3 N–H and O–H groups in total. The third-order valence-electron chi connectivity index (χ3n) is 2.50. The standard InChI is InChI=1S/C11H14FNO3/c12-8-6-11-10(15-3-4-16-11)5-7(8)9(13)1-2-14/h5-6,9,14H,1-4,13H2. The topological polar surface area (TPSA) is 64.7 Å². The van der Waals surface area contributed by atoms with Gasteiger partial charge in [-0.05, 0) is 12.5 Å². The summed E-state index contributed by atoms with van der Waals surface area (Å²) in [5, 5.41) is 8.77. The van der Waals surface area contributed by atoms with Crippen LogP contribution in [0.5, 0.6) is 11.5 Å². The van der Waals surface area contributed by atoms with E-state index in [4.69, 9.17) is 20.3 Å². The predicted octanol–water partition coefficient (Wildman–Crippen LogP) is 0.979. The minimum Gasteiger partial charge on any atom is -0.486 e. The van der Waals surface area contributed by atoms with Crippen LogP contribution >= 0.6 is 0 Å². The smallest absolute Gasteiger partial charge is 0.164 e. The van der Waals surface area contributed by atoms with Gasteiger partial charge in [0.2, 0.25) is 0 Å². The van der Waals surface area contributed by atoms with E-state index in [1.807, 2.05) is 0 Å². The van der Waals surface area contributed by atoms with Crippen LogP contribution in [0.1, 0.15) is 18.0 Å². The molecule has 0 fully saturated rings. The molecular weight excluding hydrogens is 213 g/mol. The van der Waals surface area contributed by atoms with Crippen molar-refractivity contribution in [2.75, 3.05) is 19.8 Å². The molecule has 0 amide bonds. The molecule has 0 aliphatic carbocycles. The van der Waals surface area contributed by atoms with E-state index in [2.05, 4.69) is 0 Å². The van der Waals surface area contributed by atoms with E-state index in [1.54, 1.807) is 6.07 Å². The molecule has 5 heteroatoms. The van der Waals surface area contributed by atoms with Crippen molar-refractivity contribution in [2.24, 2.45) is 5.73 Å². The van der Waals surface area contributed by atoms with Gasteiger partial charge in [-0.3, -0.25) is 0 Å². The van der Waals surface area contributed by atoms with Gasteiger partial charge in [0.15, 0.2) is 11.5 Å². The van der Waals surface area contributed by atoms with Gasteiger partial charge in [-0.15, -0.1) is 0 Å². The number of aliphatic hydroxyl groups excluding tert-OH is 1. The van der Waals surface area contributed by atoms with Crippen molar-refractivity contribution in [3.8, 4) is 11.5 Å². The Kier molecular flexibility index (Phi) is 3.26. The molecule has 1 unspecified atom stereocenters. The minimum atomic E-state index is -0.527. The summed E-state index contributed by atoms with van der Waals surface area (Å²) in [5.74, 6) is 0.491. The Hall–Kier alpha value is -1.33. The quantitative estimate of drug-likeness (QED) is 0.807. The molecule has 1 aromatic rings. The van der Waals surface area contributed by atoms with Crippen LogP contribution in [0, 0.1) is 5.82 Å². The van der Waals surface area contributed by atoms with Crippen LogP contribution in [0.25, 0.3) is 0 Å². The summed E-state index contributed by atoms with van der Waals surface area (Å²) in [6.45, 7) is 0.802. The number of rotatable bonds is 3. The summed E-state index contributed by atoms with van der Waals surface area (Å²) >= 11 is 0. The molecule has 1 aliphatic rings. The summed E-state index contributed by atoms with van der Waals surface area (Å²) in [6, 6.07) is 2.30. The summed E-state index contributed by atoms with van der Waals surface area (Å²) in [5.41, 5.74) is 6.09. The second-order valence-corrected chi connectivity index (χ2v) is 3.64. The monoisotopic (exact) mass is 227 g/mol. The number of hydrogen-bond donors (Lipinski definition) is 2. The molecule has 0 saturated heterocycles. The molecule has 2 rings (SSSR count). The van der Waals surface area contributed by atoms with Gasteiger partial charge in [0.1, 0.15) is 19.0 Å². The molecule has 1 aromatic carbocycles. The Morgan fingerprint density at radius 2 is 1.94 bits per heavy atom. The summed E-state index contributed by atoms with van der Waals surface area (Å²) in [7, 11) is 0. The SMILES string of the molecule is NC(CCO)c1cc2c(cc1F)OCCO2. The molecule has 0 aromatic heterocycles. The Morgan fingerprint density at radius 3 is 2.56 bits per heavy atom. The van der Waals surface area contributed by atoms with E-state index in [-0.39, 0.29) is 6.61 Å². The third kappa shape index (κ3) is 2.10. The number of aliphatic hydroxyl groups is 1. The summed E-state index contributed by atoms with van der Waals surface area (Å²) in [6.07, 6.45) is 0.316. The van der Waals surface area contributed by atoms with Crippen LogP contribution in [-0.2, 0) is 0 Å². The molecular formula is C11H14FNO3. The number of benzene rings is 1. The zero-order valence-electron chi connectivity index (χ0n) is 8.78. The molecule has 0 spiro atoms. The fraction of sp³-hybridized carbons (Fsp3) is 0.455. The molecule has 0 saturated carbocycles. The Balaban J connectivity index is 2.31. The highest BCUT2D eigenvalue weighted by Crippen LogP contribution is 2.34. The second-order valence-electron chi connectivity index (χ2n) is 3.64. The van der Waals surface area contributed by atoms with Crippen LogP contribution in [-0.4, -0.2) is 24.9 Å². The lowest BCUT2D eigenvalue weighted by Crippen LogP contribution is -2.18. The fourth-order valence-electron chi connectivity index (χ4n) is 1.66. The maximum absolute atomic E-state index is 13.7. The molecule has 0 bridgehead atoms. The number of fused-ring (bicyclic) bond motifs is 1. The normalized spacial score (nSPS) is 15.9. The maximum Gasteiger partial charge on any atom is 0.164 e. The highest BCUT2D eigenvalue weighted by Gasteiger charge is 2.19. The highest BCUT2D eigenvalue weighted by molar-refractivity contribution is 5.45. The molecule has 16 heavy (non-hydrogen) atoms. The van der Waals surface area contributed by atoms with Crippen molar-refractivity contribution in [2.45, 2.75) is 12.5 Å². The number of halogens is 1. The van der Waals surface area contributed by atoms with Gasteiger partial charge < -0.3 is 20.3 Å². The maximum atomic E-state index is 13.7. The van der Waals surface area contributed by atoms with E-state index in [9.17, 15) is 4.39 Å². The van der Waals surface area contributed by atoms with Gasteiger partial charge in [0.25, 0.3) is 0 Å². The molecule has 1 heterocycles. The summed E-state index contributed by atoms with van der Waals surface area (Å²) in [4.78, 5) is 0. The zero-order chi connectivity index (χ0) is 11.5. The first-order valence-electron chi connectivity index (χ1n) is 5.18. The fourth-order valence-corrected chi connectivity index (χ4v) is 1.66. The van der Waals surface area contributed by atoms with Crippen molar-refractivity contribution in [1.82, 2.24) is 0 Å². The average molecular weight is 227 g/mol. The lowest BCUT2D eigenvalue weighted by molar-refractivity contribution is 0.170. The van der Waals surface area contributed by atoms with Gasteiger partial charge in [0, 0.05) is 24.3 Å². The third-order valence-corrected chi connectivity index (χ3v) is 2.50. The Morgan fingerprint density at radius 1 is 1.31 bits per heavy atom. The first-order chi connectivity index (χ1) is 7.72. The first-order valence-corrected chi connectivity index (χ1v) is 5.18. The van der Waals surface area contributed by atoms with Gasteiger partial charge in [0.05, 0.1) is 0 Å². The van der Waals surface area contributed by atoms with E-state index in [0.717, 1.165) is 0 Å². The minimum absolute atomic E-state index is 0.0744. The van der Waals surface area contributed by atoms with Crippen molar-refractivity contribution in [3.05, 3.63) is 23.5 Å². The van der Waals surface area contributed by atoms with Crippen molar-refractivity contribution >= 4 is 0 Å². The zero-order valence-corrected chi connectivity index (χ0v) is 8.78.